The van der Waals surface area contributed by atoms with Crippen LogP contribution in [-0.4, -0.2) is 27.0 Å². The van der Waals surface area contributed by atoms with E-state index >= 15 is 0 Å². The van der Waals surface area contributed by atoms with Gasteiger partial charge in [-0.05, 0) is 43.8 Å². The molecule has 2 heterocycles. The van der Waals surface area contributed by atoms with E-state index in [1.165, 1.54) is 0 Å². The molecule has 8 heteroatoms. The maximum absolute atomic E-state index is 11.8. The molecule has 0 radical (unpaired) electrons. The molecular weight excluding hydrogens is 390 g/mol. The van der Waals surface area contributed by atoms with Crippen molar-refractivity contribution < 1.29 is 4.79 Å². The fourth-order valence-electron chi connectivity index (χ4n) is 1.42. The summed E-state index contributed by atoms with van der Waals surface area (Å²) in [4.78, 5) is 18.6. The number of rotatable bonds is 2. The second kappa shape index (κ2) is 6.15. The Kier molecular flexibility index (Phi) is 4.52. The first-order valence-corrected chi connectivity index (χ1v) is 7.16. The van der Waals surface area contributed by atoms with Crippen LogP contribution >= 0.6 is 31.9 Å². The molecule has 2 aromatic rings. The molecule has 0 bridgehead atoms. The Bertz CT molecular complexity index is 688. The average Bonchev–Trinajstić information content (AvgIpc) is 2.91. The van der Waals surface area contributed by atoms with Gasteiger partial charge in [0, 0.05) is 7.05 Å². The molecule has 0 aliphatic heterocycles. The lowest BCUT2D eigenvalue weighted by molar-refractivity contribution is 0.0954. The first kappa shape index (κ1) is 14.7. The number of hydrogen-bond acceptors (Lipinski definition) is 3. The van der Waals surface area contributed by atoms with Crippen LogP contribution in [0.2, 0.25) is 0 Å². The molecule has 20 heavy (non-hydrogen) atoms. The summed E-state index contributed by atoms with van der Waals surface area (Å²) in [7, 11) is 1.78. The topological polar surface area (TPSA) is 88.7 Å². The summed E-state index contributed by atoms with van der Waals surface area (Å²) >= 11 is 6.57. The molecule has 0 saturated carbocycles. The Morgan fingerprint density at radius 1 is 1.60 bits per heavy atom. The van der Waals surface area contributed by atoms with Gasteiger partial charge < -0.3 is 20.6 Å². The fraction of sp³-hybridized carbons (Fsp3) is 0.167. The van der Waals surface area contributed by atoms with Gasteiger partial charge in [0.1, 0.15) is 11.4 Å². The second-order valence-corrected chi connectivity index (χ2v) is 5.54. The Morgan fingerprint density at radius 2 is 2.35 bits per heavy atom. The smallest absolute Gasteiger partial charge is 0.268 e. The predicted octanol–water partition coefficient (Wildman–Crippen LogP) is 1.64. The van der Waals surface area contributed by atoms with Gasteiger partial charge in [0.2, 0.25) is 5.95 Å². The number of amides is 1. The molecule has 6 nitrogen and oxygen atoms in total. The van der Waals surface area contributed by atoms with Crippen molar-refractivity contribution in [1.82, 2.24) is 19.9 Å². The summed E-state index contributed by atoms with van der Waals surface area (Å²) in [6.07, 6.45) is 1.59. The first-order chi connectivity index (χ1) is 9.49. The Morgan fingerprint density at radius 3 is 2.90 bits per heavy atom. The number of carbonyl (C=O) groups excluding carboxylic acids is 1. The van der Waals surface area contributed by atoms with Crippen LogP contribution in [0.15, 0.2) is 21.3 Å². The molecule has 0 aliphatic carbocycles. The highest BCUT2D eigenvalue weighted by Gasteiger charge is 2.09. The van der Waals surface area contributed by atoms with Crippen molar-refractivity contribution in [1.29, 1.82) is 0 Å². The third-order valence-corrected chi connectivity index (χ3v) is 4.33. The minimum atomic E-state index is -0.227. The molecule has 0 aliphatic rings. The molecule has 0 aromatic carbocycles. The zero-order valence-corrected chi connectivity index (χ0v) is 13.7. The highest BCUT2D eigenvalue weighted by molar-refractivity contribution is 9.13. The molecule has 1 amide bonds. The van der Waals surface area contributed by atoms with E-state index < -0.39 is 0 Å². The third kappa shape index (κ3) is 3.23. The maximum Gasteiger partial charge on any atom is 0.268 e. The highest BCUT2D eigenvalue weighted by atomic mass is 79.9. The van der Waals surface area contributed by atoms with E-state index in [4.69, 9.17) is 5.73 Å². The molecule has 0 atom stereocenters. The van der Waals surface area contributed by atoms with Crippen molar-refractivity contribution in [3.05, 3.63) is 32.7 Å². The number of aromatic amines is 1. The van der Waals surface area contributed by atoms with Crippen LogP contribution in [0.3, 0.4) is 0 Å². The summed E-state index contributed by atoms with van der Waals surface area (Å²) in [5.41, 5.74) is 6.74. The summed E-state index contributed by atoms with van der Waals surface area (Å²) in [5, 5.41) is 2.69. The normalized spacial score (nSPS) is 9.95. The molecule has 104 valence electrons. The van der Waals surface area contributed by atoms with E-state index in [1.54, 1.807) is 23.9 Å². The monoisotopic (exact) mass is 399 g/mol. The van der Waals surface area contributed by atoms with Crippen LogP contribution in [0.4, 0.5) is 5.95 Å². The Hall–Kier alpha value is -1.72. The number of nitrogen functional groups attached to an aromatic ring is 1. The fourth-order valence-corrected chi connectivity index (χ4v) is 2.08. The van der Waals surface area contributed by atoms with Gasteiger partial charge in [-0.2, -0.15) is 0 Å². The largest absolute Gasteiger partial charge is 0.369 e. The number of anilines is 1. The van der Waals surface area contributed by atoms with Gasteiger partial charge in [0.05, 0.1) is 21.8 Å². The number of halogens is 2. The van der Waals surface area contributed by atoms with Crippen molar-refractivity contribution in [3.8, 4) is 11.8 Å². The zero-order valence-electron chi connectivity index (χ0n) is 10.5. The van der Waals surface area contributed by atoms with Crippen molar-refractivity contribution in [3.63, 3.8) is 0 Å². The molecule has 4 N–H and O–H groups in total. The number of imidazole rings is 1. The standard InChI is InChI=1S/C12H11Br2N5O/c1-19-7(6-17-12(19)15)3-2-4-16-11(20)9-5-8(13)10(14)18-9/h5-6,18H,4H2,1H3,(H2,15,17)(H,16,20). The third-order valence-electron chi connectivity index (χ3n) is 2.55. The first-order valence-electron chi connectivity index (χ1n) is 5.57. The molecular formula is C12H11Br2N5O. The number of H-pyrrole nitrogens is 1. The van der Waals surface area contributed by atoms with Crippen molar-refractivity contribution >= 4 is 43.7 Å². The van der Waals surface area contributed by atoms with Crippen molar-refractivity contribution in [2.75, 3.05) is 12.3 Å². The summed E-state index contributed by atoms with van der Waals surface area (Å²) in [6.45, 7) is 0.234. The quantitative estimate of drug-likeness (QED) is 0.669. The van der Waals surface area contributed by atoms with E-state index in [0.29, 0.717) is 17.3 Å². The van der Waals surface area contributed by atoms with Crippen LogP contribution < -0.4 is 11.1 Å². The number of nitrogens with two attached hydrogens (primary N) is 1. The van der Waals surface area contributed by atoms with Crippen LogP contribution in [-0.2, 0) is 7.05 Å². The highest BCUT2D eigenvalue weighted by Crippen LogP contribution is 2.22. The van der Waals surface area contributed by atoms with Gasteiger partial charge in [-0.25, -0.2) is 4.98 Å². The van der Waals surface area contributed by atoms with E-state index in [9.17, 15) is 4.79 Å². The number of carbonyl (C=O) groups is 1. The molecule has 2 rings (SSSR count). The van der Waals surface area contributed by atoms with E-state index in [1.807, 2.05) is 0 Å². The van der Waals surface area contributed by atoms with Crippen molar-refractivity contribution in [2.24, 2.45) is 7.05 Å². The minimum absolute atomic E-state index is 0.227. The van der Waals surface area contributed by atoms with E-state index in [2.05, 4.69) is 59.0 Å². The summed E-state index contributed by atoms with van der Waals surface area (Å²) in [5.74, 6) is 5.90. The van der Waals surface area contributed by atoms with Gasteiger partial charge in [0.15, 0.2) is 0 Å². The SMILES string of the molecule is Cn1c(C#CCNC(=O)c2cc(Br)c(Br)[nH]2)cnc1N. The van der Waals surface area contributed by atoms with Gasteiger partial charge in [-0.3, -0.25) is 4.79 Å². The van der Waals surface area contributed by atoms with Gasteiger partial charge in [-0.15, -0.1) is 0 Å². The van der Waals surface area contributed by atoms with E-state index in [0.717, 1.165) is 9.08 Å². The molecule has 0 fully saturated rings. The van der Waals surface area contributed by atoms with Crippen LogP contribution in [0, 0.1) is 11.8 Å². The lowest BCUT2D eigenvalue weighted by Gasteiger charge is -1.98. The van der Waals surface area contributed by atoms with Crippen molar-refractivity contribution in [2.45, 2.75) is 0 Å². The predicted molar refractivity (Wildman–Crippen MR) is 83.0 cm³/mol. The molecule has 0 unspecified atom stereocenters. The molecule has 2 aromatic heterocycles. The van der Waals surface area contributed by atoms with Crippen LogP contribution in [0.5, 0.6) is 0 Å². The molecule has 0 spiro atoms. The average molecular weight is 401 g/mol. The Balaban J connectivity index is 1.94. The lowest BCUT2D eigenvalue weighted by atomic mass is 10.4. The van der Waals surface area contributed by atoms with Crippen LogP contribution in [0.25, 0.3) is 0 Å². The van der Waals surface area contributed by atoms with Gasteiger partial charge >= 0.3 is 0 Å². The zero-order chi connectivity index (χ0) is 14.7. The van der Waals surface area contributed by atoms with Crippen LogP contribution in [0.1, 0.15) is 16.2 Å². The summed E-state index contributed by atoms with van der Waals surface area (Å²) < 4.78 is 3.19. The summed E-state index contributed by atoms with van der Waals surface area (Å²) in [6, 6.07) is 1.69. The second-order valence-electron chi connectivity index (χ2n) is 3.89. The van der Waals surface area contributed by atoms with Gasteiger partial charge in [0.25, 0.3) is 5.91 Å². The molecule has 0 saturated heterocycles. The number of aromatic nitrogens is 3. The number of nitrogens with zero attached hydrogens (tertiary/aromatic N) is 2. The van der Waals surface area contributed by atoms with Gasteiger partial charge in [-0.1, -0.05) is 5.92 Å². The maximum atomic E-state index is 11.8. The Labute approximate surface area is 132 Å². The lowest BCUT2D eigenvalue weighted by Crippen LogP contribution is -2.23. The minimum Gasteiger partial charge on any atom is -0.369 e. The number of hydrogen-bond donors (Lipinski definition) is 3. The number of nitrogens with one attached hydrogen (secondary N) is 2. The van der Waals surface area contributed by atoms with E-state index in [-0.39, 0.29) is 12.5 Å².